The quantitative estimate of drug-likeness (QED) is 0.814. The van der Waals surface area contributed by atoms with E-state index in [4.69, 9.17) is 5.73 Å². The monoisotopic (exact) mass is 238 g/mol. The van der Waals surface area contributed by atoms with E-state index in [1.807, 2.05) is 4.68 Å². The van der Waals surface area contributed by atoms with Gasteiger partial charge in [-0.3, -0.25) is 4.90 Å². The molecule has 2 atom stereocenters. The van der Waals surface area contributed by atoms with Gasteiger partial charge in [0.1, 0.15) is 0 Å². The molecular weight excluding hydrogens is 216 g/mol. The predicted molar refractivity (Wildman–Crippen MR) is 65.1 cm³/mol. The number of aryl methyl sites for hydroxylation is 1. The molecule has 2 N–H and O–H groups in total. The summed E-state index contributed by atoms with van der Waals surface area (Å²) in [5, 5.41) is 11.8. The Bertz CT molecular complexity index is 349. The second-order valence-electron chi connectivity index (χ2n) is 4.98. The summed E-state index contributed by atoms with van der Waals surface area (Å²) in [6.07, 6.45) is 2.21. The molecule has 0 saturated carbocycles. The summed E-state index contributed by atoms with van der Waals surface area (Å²) >= 11 is 0. The summed E-state index contributed by atoms with van der Waals surface area (Å²) in [5.74, 6) is 1.58. The smallest absolute Gasteiger partial charge is 0.165 e. The first-order valence-electron chi connectivity index (χ1n) is 6.43. The van der Waals surface area contributed by atoms with Gasteiger partial charge in [-0.1, -0.05) is 13.8 Å². The van der Waals surface area contributed by atoms with Crippen LogP contribution in [0.1, 0.15) is 32.5 Å². The van der Waals surface area contributed by atoms with Gasteiger partial charge in [0.2, 0.25) is 0 Å². The number of hydrogen-bond donors (Lipinski definition) is 1. The Balaban J connectivity index is 1.94. The van der Waals surface area contributed by atoms with E-state index in [0.29, 0.717) is 5.92 Å². The molecule has 1 aliphatic heterocycles. The summed E-state index contributed by atoms with van der Waals surface area (Å²) in [5.41, 5.74) is 6.09. The van der Waals surface area contributed by atoms with Gasteiger partial charge in [0, 0.05) is 19.1 Å². The molecule has 96 valence electrons. The molecule has 2 rings (SSSR count). The molecule has 1 fully saturated rings. The lowest BCUT2D eigenvalue weighted by molar-refractivity contribution is 0.156. The molecule has 0 amide bonds. The van der Waals surface area contributed by atoms with Crippen molar-refractivity contribution < 1.29 is 0 Å². The van der Waals surface area contributed by atoms with Crippen LogP contribution in [0.4, 0.5) is 0 Å². The predicted octanol–water partition coefficient (Wildman–Crippen LogP) is 0.252. The van der Waals surface area contributed by atoms with Gasteiger partial charge < -0.3 is 5.73 Å². The van der Waals surface area contributed by atoms with E-state index >= 15 is 0 Å². The molecule has 0 aliphatic carbocycles. The maximum absolute atomic E-state index is 6.09. The van der Waals surface area contributed by atoms with E-state index in [9.17, 15) is 0 Å². The third kappa shape index (κ3) is 3.01. The van der Waals surface area contributed by atoms with Crippen LogP contribution in [-0.2, 0) is 13.1 Å². The summed E-state index contributed by atoms with van der Waals surface area (Å²) in [7, 11) is 0. The van der Waals surface area contributed by atoms with Gasteiger partial charge in [0.15, 0.2) is 5.82 Å². The van der Waals surface area contributed by atoms with Crippen molar-refractivity contribution in [1.82, 2.24) is 25.1 Å². The van der Waals surface area contributed by atoms with Gasteiger partial charge in [-0.2, -0.15) is 0 Å². The van der Waals surface area contributed by atoms with Crippen LogP contribution in [-0.4, -0.2) is 44.2 Å². The Morgan fingerprint density at radius 3 is 3.00 bits per heavy atom. The first-order valence-corrected chi connectivity index (χ1v) is 6.43. The molecule has 0 aromatic carbocycles. The highest BCUT2D eigenvalue weighted by Crippen LogP contribution is 2.16. The SMILES string of the molecule is CCCn1nnnc1CN1CCC(C)C(N)C1. The lowest BCUT2D eigenvalue weighted by Gasteiger charge is -2.34. The minimum atomic E-state index is 0.277. The van der Waals surface area contributed by atoms with Crippen molar-refractivity contribution >= 4 is 0 Å². The Morgan fingerprint density at radius 2 is 2.29 bits per heavy atom. The molecular formula is C11H22N6. The van der Waals surface area contributed by atoms with Crippen LogP contribution in [0.15, 0.2) is 0 Å². The maximum atomic E-state index is 6.09. The third-order valence-corrected chi connectivity index (χ3v) is 3.51. The Kier molecular flexibility index (Phi) is 4.06. The van der Waals surface area contributed by atoms with Gasteiger partial charge in [0.25, 0.3) is 0 Å². The highest BCUT2D eigenvalue weighted by molar-refractivity contribution is 4.86. The molecule has 0 bridgehead atoms. The molecule has 1 aromatic rings. The van der Waals surface area contributed by atoms with Crippen molar-refractivity contribution in [1.29, 1.82) is 0 Å². The van der Waals surface area contributed by atoms with Gasteiger partial charge in [-0.15, -0.1) is 5.10 Å². The van der Waals surface area contributed by atoms with Crippen molar-refractivity contribution in [3.63, 3.8) is 0 Å². The number of nitrogens with two attached hydrogens (primary N) is 1. The van der Waals surface area contributed by atoms with Gasteiger partial charge in [-0.05, 0) is 35.7 Å². The number of hydrogen-bond acceptors (Lipinski definition) is 5. The Hall–Kier alpha value is -1.01. The standard InChI is InChI=1S/C11H22N6/c1-3-5-17-11(13-14-15-17)8-16-6-4-9(2)10(12)7-16/h9-10H,3-8,12H2,1-2H3. The minimum absolute atomic E-state index is 0.277. The van der Waals surface area contributed by atoms with Crippen molar-refractivity contribution in [3.8, 4) is 0 Å². The van der Waals surface area contributed by atoms with Gasteiger partial charge in [0.05, 0.1) is 6.54 Å². The highest BCUT2D eigenvalue weighted by Gasteiger charge is 2.24. The summed E-state index contributed by atoms with van der Waals surface area (Å²) < 4.78 is 1.89. The highest BCUT2D eigenvalue weighted by atomic mass is 15.5. The van der Waals surface area contributed by atoms with E-state index in [0.717, 1.165) is 44.8 Å². The number of tetrazole rings is 1. The molecule has 17 heavy (non-hydrogen) atoms. The normalized spacial score (nSPS) is 26.3. The second-order valence-corrected chi connectivity index (χ2v) is 4.98. The maximum Gasteiger partial charge on any atom is 0.165 e. The molecule has 6 nitrogen and oxygen atoms in total. The molecule has 2 heterocycles. The van der Waals surface area contributed by atoms with E-state index in [1.165, 1.54) is 0 Å². The average molecular weight is 238 g/mol. The third-order valence-electron chi connectivity index (χ3n) is 3.51. The number of nitrogens with zero attached hydrogens (tertiary/aromatic N) is 5. The number of likely N-dealkylation sites (tertiary alicyclic amines) is 1. The Morgan fingerprint density at radius 1 is 1.47 bits per heavy atom. The van der Waals surface area contributed by atoms with Crippen LogP contribution < -0.4 is 5.73 Å². The molecule has 1 aromatic heterocycles. The van der Waals surface area contributed by atoms with Gasteiger partial charge >= 0.3 is 0 Å². The molecule has 0 radical (unpaired) electrons. The fourth-order valence-electron chi connectivity index (χ4n) is 2.24. The van der Waals surface area contributed by atoms with Crippen LogP contribution in [0.3, 0.4) is 0 Å². The van der Waals surface area contributed by atoms with E-state index < -0.39 is 0 Å². The molecule has 1 aliphatic rings. The van der Waals surface area contributed by atoms with E-state index in [1.54, 1.807) is 0 Å². The first-order chi connectivity index (χ1) is 8.20. The van der Waals surface area contributed by atoms with Crippen molar-refractivity contribution in [2.24, 2.45) is 11.7 Å². The zero-order valence-corrected chi connectivity index (χ0v) is 10.7. The fourth-order valence-corrected chi connectivity index (χ4v) is 2.24. The molecule has 0 spiro atoms. The topological polar surface area (TPSA) is 72.9 Å². The summed E-state index contributed by atoms with van der Waals surface area (Å²) in [4.78, 5) is 2.35. The fraction of sp³-hybridized carbons (Fsp3) is 0.909. The lowest BCUT2D eigenvalue weighted by atomic mass is 9.94. The number of rotatable bonds is 4. The van der Waals surface area contributed by atoms with Crippen LogP contribution in [0, 0.1) is 5.92 Å². The average Bonchev–Trinajstić information content (AvgIpc) is 2.72. The zero-order valence-electron chi connectivity index (χ0n) is 10.7. The number of aromatic nitrogens is 4. The van der Waals surface area contributed by atoms with Crippen LogP contribution >= 0.6 is 0 Å². The second kappa shape index (κ2) is 5.55. The first kappa shape index (κ1) is 12.4. The van der Waals surface area contributed by atoms with Crippen molar-refractivity contribution in [2.75, 3.05) is 13.1 Å². The summed E-state index contributed by atoms with van der Waals surface area (Å²) in [6, 6.07) is 0.277. The van der Waals surface area contributed by atoms with E-state index in [-0.39, 0.29) is 6.04 Å². The lowest BCUT2D eigenvalue weighted by Crippen LogP contribution is -2.47. The van der Waals surface area contributed by atoms with E-state index in [2.05, 4.69) is 34.3 Å². The van der Waals surface area contributed by atoms with Crippen molar-refractivity contribution in [3.05, 3.63) is 5.82 Å². The molecule has 1 saturated heterocycles. The molecule has 2 unspecified atom stereocenters. The summed E-state index contributed by atoms with van der Waals surface area (Å²) in [6.45, 7) is 8.09. The zero-order chi connectivity index (χ0) is 12.3. The van der Waals surface area contributed by atoms with Crippen LogP contribution in [0.2, 0.25) is 0 Å². The van der Waals surface area contributed by atoms with Crippen LogP contribution in [0.25, 0.3) is 0 Å². The van der Waals surface area contributed by atoms with Crippen LogP contribution in [0.5, 0.6) is 0 Å². The van der Waals surface area contributed by atoms with Gasteiger partial charge in [-0.25, -0.2) is 4.68 Å². The van der Waals surface area contributed by atoms with Crippen molar-refractivity contribution in [2.45, 2.75) is 45.8 Å². The largest absolute Gasteiger partial charge is 0.326 e. The molecule has 6 heteroatoms. The minimum Gasteiger partial charge on any atom is -0.326 e. The number of piperidine rings is 1. The Labute approximate surface area is 102 Å².